The Balaban J connectivity index is 1.77. The van der Waals surface area contributed by atoms with E-state index in [0.29, 0.717) is 24.3 Å². The van der Waals surface area contributed by atoms with Gasteiger partial charge in [0.2, 0.25) is 21.8 Å². The number of nitrogens with zero attached hydrogens (tertiary/aromatic N) is 2. The van der Waals surface area contributed by atoms with Crippen molar-refractivity contribution in [2.24, 2.45) is 0 Å². The van der Waals surface area contributed by atoms with Gasteiger partial charge in [-0.15, -0.1) is 0 Å². The lowest BCUT2D eigenvalue weighted by Gasteiger charge is -2.33. The molecular weight excluding hydrogens is 514 g/mol. The Morgan fingerprint density at radius 1 is 1.08 bits per heavy atom. The Bertz CT molecular complexity index is 1210. The summed E-state index contributed by atoms with van der Waals surface area (Å²) in [5.74, 6) is 0.376. The second-order valence-corrected chi connectivity index (χ2v) is 12.3. The molecule has 1 aliphatic rings. The molecule has 2 aromatic carbocycles. The van der Waals surface area contributed by atoms with Crippen LogP contribution in [0.3, 0.4) is 0 Å². The lowest BCUT2D eigenvalue weighted by molar-refractivity contribution is -0.141. The molecule has 2 amide bonds. The smallest absolute Gasteiger partial charge is 0.243 e. The van der Waals surface area contributed by atoms with Gasteiger partial charge in [-0.2, -0.15) is 0 Å². The molecule has 0 aromatic heterocycles. The van der Waals surface area contributed by atoms with Gasteiger partial charge in [0, 0.05) is 25.6 Å². The summed E-state index contributed by atoms with van der Waals surface area (Å²) >= 11 is 0. The van der Waals surface area contributed by atoms with E-state index < -0.39 is 16.1 Å². The van der Waals surface area contributed by atoms with E-state index in [2.05, 4.69) is 5.32 Å². The predicted octanol–water partition coefficient (Wildman–Crippen LogP) is 4.81. The molecule has 0 heterocycles. The largest absolute Gasteiger partial charge is 0.497 e. The van der Waals surface area contributed by atoms with Crippen molar-refractivity contribution in [2.75, 3.05) is 24.2 Å². The summed E-state index contributed by atoms with van der Waals surface area (Å²) in [6.45, 7) is 4.26. The number of benzene rings is 2. The molecule has 0 saturated heterocycles. The van der Waals surface area contributed by atoms with Gasteiger partial charge in [0.25, 0.3) is 0 Å². The highest BCUT2D eigenvalue weighted by Gasteiger charge is 2.30. The number of ether oxygens (including phenoxy) is 1. The van der Waals surface area contributed by atoms with Gasteiger partial charge in [0.1, 0.15) is 11.8 Å². The van der Waals surface area contributed by atoms with E-state index in [-0.39, 0.29) is 37.4 Å². The molecule has 39 heavy (non-hydrogen) atoms. The molecule has 1 unspecified atom stereocenters. The highest BCUT2D eigenvalue weighted by atomic mass is 32.2. The summed E-state index contributed by atoms with van der Waals surface area (Å²) in [5, 5.41) is 3.19. The predicted molar refractivity (Wildman–Crippen MR) is 155 cm³/mol. The van der Waals surface area contributed by atoms with E-state index in [1.165, 1.54) is 17.0 Å². The van der Waals surface area contributed by atoms with Crippen LogP contribution in [0, 0.1) is 6.92 Å². The fourth-order valence-electron chi connectivity index (χ4n) is 5.22. The number of anilines is 1. The number of nitrogens with one attached hydrogen (secondary N) is 1. The number of rotatable bonds is 13. The van der Waals surface area contributed by atoms with Crippen LogP contribution in [0.25, 0.3) is 0 Å². The van der Waals surface area contributed by atoms with Crippen molar-refractivity contribution in [1.29, 1.82) is 0 Å². The van der Waals surface area contributed by atoms with Crippen LogP contribution in [0.2, 0.25) is 0 Å². The molecule has 8 nitrogen and oxygen atoms in total. The zero-order valence-corrected chi connectivity index (χ0v) is 24.5. The van der Waals surface area contributed by atoms with Gasteiger partial charge in [0.15, 0.2) is 0 Å². The Labute approximate surface area is 233 Å². The van der Waals surface area contributed by atoms with Gasteiger partial charge in [-0.25, -0.2) is 8.42 Å². The molecule has 3 rings (SSSR count). The number of hydrogen-bond acceptors (Lipinski definition) is 5. The molecular formula is C30H43N3O5S. The van der Waals surface area contributed by atoms with Crippen LogP contribution in [0.5, 0.6) is 5.75 Å². The topological polar surface area (TPSA) is 96.0 Å². The van der Waals surface area contributed by atoms with Crippen molar-refractivity contribution in [3.8, 4) is 5.75 Å². The van der Waals surface area contributed by atoms with Crippen LogP contribution in [-0.2, 0) is 26.2 Å². The normalized spacial score (nSPS) is 14.9. The summed E-state index contributed by atoms with van der Waals surface area (Å²) in [4.78, 5) is 28.7. The first-order valence-electron chi connectivity index (χ1n) is 13.9. The standard InChI is InChI=1S/C30H43N3O5S/c1-5-28(30(35)31-25-14-7-6-8-15-25)32(22-24-13-10-17-27(21-24)38-3)29(34)18-11-19-33(39(4,36)37)26-16-9-12-23(2)20-26/h9-10,12-13,16-17,20-21,25,28H,5-8,11,14-15,18-19,22H2,1-4H3,(H,31,35). The van der Waals surface area contributed by atoms with Crippen molar-refractivity contribution >= 4 is 27.5 Å². The van der Waals surface area contributed by atoms with E-state index in [0.717, 1.165) is 36.8 Å². The summed E-state index contributed by atoms with van der Waals surface area (Å²) in [6.07, 6.45) is 7.43. The number of hydrogen-bond donors (Lipinski definition) is 1. The van der Waals surface area contributed by atoms with Crippen molar-refractivity contribution in [1.82, 2.24) is 10.2 Å². The second kappa shape index (κ2) is 14.4. The zero-order valence-electron chi connectivity index (χ0n) is 23.7. The number of carbonyl (C=O) groups excluding carboxylic acids is 2. The van der Waals surface area contributed by atoms with E-state index in [1.54, 1.807) is 18.1 Å². The number of amides is 2. The molecule has 0 spiro atoms. The van der Waals surface area contributed by atoms with Gasteiger partial charge in [0.05, 0.1) is 19.1 Å². The first kappa shape index (κ1) is 30.5. The highest BCUT2D eigenvalue weighted by molar-refractivity contribution is 7.92. The van der Waals surface area contributed by atoms with Crippen molar-refractivity contribution in [3.05, 3.63) is 59.7 Å². The highest BCUT2D eigenvalue weighted by Crippen LogP contribution is 2.22. The lowest BCUT2D eigenvalue weighted by atomic mass is 9.95. The number of carbonyl (C=O) groups is 2. The summed E-state index contributed by atoms with van der Waals surface area (Å²) < 4.78 is 31.8. The molecule has 1 atom stereocenters. The molecule has 1 aliphatic carbocycles. The summed E-state index contributed by atoms with van der Waals surface area (Å²) in [6, 6.07) is 14.3. The average Bonchev–Trinajstić information content (AvgIpc) is 2.90. The van der Waals surface area contributed by atoms with E-state index in [9.17, 15) is 18.0 Å². The maximum atomic E-state index is 13.7. The Morgan fingerprint density at radius 2 is 1.79 bits per heavy atom. The molecule has 1 N–H and O–H groups in total. The van der Waals surface area contributed by atoms with Crippen LogP contribution < -0.4 is 14.4 Å². The Morgan fingerprint density at radius 3 is 2.44 bits per heavy atom. The van der Waals surface area contributed by atoms with Crippen molar-refractivity contribution in [2.45, 2.75) is 83.8 Å². The molecule has 1 fully saturated rings. The quantitative estimate of drug-likeness (QED) is 0.382. The van der Waals surface area contributed by atoms with Crippen LogP contribution in [0.1, 0.15) is 69.4 Å². The molecule has 0 bridgehead atoms. The molecule has 0 radical (unpaired) electrons. The Hall–Kier alpha value is -3.07. The maximum Gasteiger partial charge on any atom is 0.243 e. The van der Waals surface area contributed by atoms with Crippen LogP contribution >= 0.6 is 0 Å². The van der Waals surface area contributed by atoms with Crippen LogP contribution in [-0.4, -0.2) is 57.1 Å². The third kappa shape index (κ3) is 8.98. The minimum atomic E-state index is -3.53. The zero-order chi connectivity index (χ0) is 28.4. The van der Waals surface area contributed by atoms with Gasteiger partial charge >= 0.3 is 0 Å². The molecule has 0 aliphatic heterocycles. The van der Waals surface area contributed by atoms with Gasteiger partial charge in [-0.3, -0.25) is 13.9 Å². The van der Waals surface area contributed by atoms with Crippen LogP contribution in [0.15, 0.2) is 48.5 Å². The molecule has 214 valence electrons. The van der Waals surface area contributed by atoms with Gasteiger partial charge in [-0.05, 0) is 68.0 Å². The van der Waals surface area contributed by atoms with Crippen LogP contribution in [0.4, 0.5) is 5.69 Å². The fourth-order valence-corrected chi connectivity index (χ4v) is 6.18. The van der Waals surface area contributed by atoms with E-state index in [4.69, 9.17) is 4.74 Å². The van der Waals surface area contributed by atoms with Gasteiger partial charge < -0.3 is 15.0 Å². The monoisotopic (exact) mass is 557 g/mol. The summed E-state index contributed by atoms with van der Waals surface area (Å²) in [5.41, 5.74) is 2.40. The lowest BCUT2D eigenvalue weighted by Crippen LogP contribution is -2.51. The molecule has 9 heteroatoms. The van der Waals surface area contributed by atoms with Crippen molar-refractivity contribution in [3.63, 3.8) is 0 Å². The molecule has 2 aromatic rings. The van der Waals surface area contributed by atoms with Gasteiger partial charge in [-0.1, -0.05) is 50.5 Å². The maximum absolute atomic E-state index is 13.7. The van der Waals surface area contributed by atoms with Crippen molar-refractivity contribution < 1.29 is 22.7 Å². The van der Waals surface area contributed by atoms with E-state index in [1.807, 2.05) is 56.3 Å². The third-order valence-corrected chi connectivity index (χ3v) is 8.46. The fraction of sp³-hybridized carbons (Fsp3) is 0.533. The second-order valence-electron chi connectivity index (χ2n) is 10.4. The number of aryl methyl sites for hydroxylation is 1. The molecule has 1 saturated carbocycles. The number of sulfonamides is 1. The first-order chi connectivity index (χ1) is 18.6. The Kier molecular flexibility index (Phi) is 11.2. The SMILES string of the molecule is CCC(C(=O)NC1CCCCC1)N(Cc1cccc(OC)c1)C(=O)CCCN(c1cccc(C)c1)S(C)(=O)=O. The number of methoxy groups -OCH3 is 1. The average molecular weight is 558 g/mol. The minimum Gasteiger partial charge on any atom is -0.497 e. The third-order valence-electron chi connectivity index (χ3n) is 7.27. The van der Waals surface area contributed by atoms with E-state index >= 15 is 0 Å². The summed E-state index contributed by atoms with van der Waals surface area (Å²) in [7, 11) is -1.94. The minimum absolute atomic E-state index is 0.120. The first-order valence-corrected chi connectivity index (χ1v) is 15.7.